The molecule has 1 amide bonds. The zero-order valence-corrected chi connectivity index (χ0v) is 17.8. The zero-order chi connectivity index (χ0) is 21.7. The lowest BCUT2D eigenvalue weighted by Crippen LogP contribution is -2.29. The van der Waals surface area contributed by atoms with Gasteiger partial charge in [-0.15, -0.1) is 0 Å². The summed E-state index contributed by atoms with van der Waals surface area (Å²) in [6.07, 6.45) is 1.10. The maximum Gasteiger partial charge on any atom is 0.251 e. The fraction of sp³-hybridized carbons (Fsp3) is 0.136. The lowest BCUT2D eigenvalue weighted by molar-refractivity contribution is 0.0951. The Bertz CT molecular complexity index is 1120. The normalized spacial score (nSPS) is 11.2. The van der Waals surface area contributed by atoms with Gasteiger partial charge in [0.1, 0.15) is 5.82 Å². The second-order valence-corrected chi connectivity index (χ2v) is 9.10. The molecule has 156 valence electrons. The number of hydrogen-bond donors (Lipinski definition) is 1. The molecule has 0 spiro atoms. The molecule has 0 aliphatic carbocycles. The van der Waals surface area contributed by atoms with Gasteiger partial charge in [-0.25, -0.2) is 12.8 Å². The number of benzene rings is 3. The summed E-state index contributed by atoms with van der Waals surface area (Å²) in [6.45, 7) is 0.402. The third kappa shape index (κ3) is 5.81. The minimum Gasteiger partial charge on any atom is -0.348 e. The van der Waals surface area contributed by atoms with Crippen LogP contribution in [0.5, 0.6) is 0 Å². The summed E-state index contributed by atoms with van der Waals surface area (Å²) in [6, 6.07) is 19.0. The van der Waals surface area contributed by atoms with Crippen LogP contribution in [0, 0.1) is 5.82 Å². The van der Waals surface area contributed by atoms with Gasteiger partial charge in [0.2, 0.25) is 10.0 Å². The van der Waals surface area contributed by atoms with E-state index in [9.17, 15) is 17.6 Å². The van der Waals surface area contributed by atoms with Crippen LogP contribution in [0.4, 0.5) is 10.1 Å². The largest absolute Gasteiger partial charge is 0.348 e. The predicted octanol–water partition coefficient (Wildman–Crippen LogP) is 4.38. The molecule has 30 heavy (non-hydrogen) atoms. The summed E-state index contributed by atoms with van der Waals surface area (Å²) in [5, 5.41) is 3.43. The van der Waals surface area contributed by atoms with E-state index in [0.717, 1.165) is 11.8 Å². The number of nitrogens with one attached hydrogen (secondary N) is 1. The summed E-state index contributed by atoms with van der Waals surface area (Å²) >= 11 is 5.85. The van der Waals surface area contributed by atoms with Gasteiger partial charge in [-0.1, -0.05) is 35.9 Å². The van der Waals surface area contributed by atoms with E-state index >= 15 is 0 Å². The standard InChI is InChI=1S/C22H20ClFN2O3S/c1-30(28,29)26(15-17-4-10-20(24)11-5-17)21-12-6-18(7-13-21)22(27)25-14-16-2-8-19(23)9-3-16/h2-13H,14-15H2,1H3,(H,25,27). The van der Waals surface area contributed by atoms with Crippen molar-refractivity contribution in [2.24, 2.45) is 0 Å². The molecule has 0 aromatic heterocycles. The predicted molar refractivity (Wildman–Crippen MR) is 116 cm³/mol. The third-order valence-corrected chi connectivity index (χ3v) is 5.82. The number of anilines is 1. The van der Waals surface area contributed by atoms with Gasteiger partial charge >= 0.3 is 0 Å². The monoisotopic (exact) mass is 446 g/mol. The number of halogens is 2. The Morgan fingerprint density at radius 2 is 1.50 bits per heavy atom. The molecule has 0 saturated carbocycles. The van der Waals surface area contributed by atoms with Gasteiger partial charge in [-0.2, -0.15) is 0 Å². The zero-order valence-electron chi connectivity index (χ0n) is 16.2. The Kier molecular flexibility index (Phi) is 6.74. The molecule has 5 nitrogen and oxygen atoms in total. The highest BCUT2D eigenvalue weighted by Crippen LogP contribution is 2.21. The Hall–Kier alpha value is -2.90. The van der Waals surface area contributed by atoms with Crippen LogP contribution in [0.15, 0.2) is 72.8 Å². The molecule has 1 N–H and O–H groups in total. The van der Waals surface area contributed by atoms with Crippen molar-refractivity contribution in [2.75, 3.05) is 10.6 Å². The molecule has 0 heterocycles. The molecule has 0 radical (unpaired) electrons. The molecular formula is C22H20ClFN2O3S. The van der Waals surface area contributed by atoms with Crippen LogP contribution < -0.4 is 9.62 Å². The van der Waals surface area contributed by atoms with E-state index in [1.807, 2.05) is 12.1 Å². The van der Waals surface area contributed by atoms with Crippen molar-refractivity contribution < 1.29 is 17.6 Å². The van der Waals surface area contributed by atoms with Crippen molar-refractivity contribution in [1.82, 2.24) is 5.32 Å². The number of amides is 1. The Balaban J connectivity index is 1.71. The maximum atomic E-state index is 13.1. The van der Waals surface area contributed by atoms with Crippen LogP contribution in [-0.4, -0.2) is 20.6 Å². The average Bonchev–Trinajstić information content (AvgIpc) is 2.72. The number of hydrogen-bond acceptors (Lipinski definition) is 3. The third-order valence-electron chi connectivity index (χ3n) is 4.42. The minimum atomic E-state index is -3.58. The lowest BCUT2D eigenvalue weighted by Gasteiger charge is -2.22. The van der Waals surface area contributed by atoms with Crippen molar-refractivity contribution in [1.29, 1.82) is 0 Å². The van der Waals surface area contributed by atoms with Crippen molar-refractivity contribution in [3.63, 3.8) is 0 Å². The Labute approximate surface area is 180 Å². The fourth-order valence-corrected chi connectivity index (χ4v) is 3.84. The highest BCUT2D eigenvalue weighted by molar-refractivity contribution is 7.92. The molecular weight excluding hydrogens is 427 g/mol. The molecule has 8 heteroatoms. The molecule has 0 unspecified atom stereocenters. The summed E-state index contributed by atoms with van der Waals surface area (Å²) < 4.78 is 38.9. The van der Waals surface area contributed by atoms with Gasteiger partial charge in [0, 0.05) is 17.1 Å². The quantitative estimate of drug-likeness (QED) is 0.585. The topological polar surface area (TPSA) is 66.5 Å². The van der Waals surface area contributed by atoms with Gasteiger partial charge in [0.25, 0.3) is 5.91 Å². The lowest BCUT2D eigenvalue weighted by atomic mass is 10.1. The van der Waals surface area contributed by atoms with Crippen LogP contribution in [-0.2, 0) is 23.1 Å². The molecule has 0 atom stereocenters. The van der Waals surface area contributed by atoms with Crippen molar-refractivity contribution in [3.8, 4) is 0 Å². The molecule has 0 saturated heterocycles. The fourth-order valence-electron chi connectivity index (χ4n) is 2.82. The summed E-state index contributed by atoms with van der Waals surface area (Å²) in [7, 11) is -3.58. The highest BCUT2D eigenvalue weighted by atomic mass is 35.5. The summed E-state index contributed by atoms with van der Waals surface area (Å²) in [4.78, 5) is 12.4. The van der Waals surface area contributed by atoms with Gasteiger partial charge < -0.3 is 5.32 Å². The van der Waals surface area contributed by atoms with E-state index < -0.39 is 15.8 Å². The molecule has 0 fully saturated rings. The van der Waals surface area contributed by atoms with Gasteiger partial charge in [-0.3, -0.25) is 9.10 Å². The number of carbonyl (C=O) groups excluding carboxylic acids is 1. The first-order chi connectivity index (χ1) is 14.2. The van der Waals surface area contributed by atoms with Crippen LogP contribution in [0.25, 0.3) is 0 Å². The number of nitrogens with zero attached hydrogens (tertiary/aromatic N) is 1. The first kappa shape index (κ1) is 21.8. The minimum absolute atomic E-state index is 0.0568. The van der Waals surface area contributed by atoms with Gasteiger partial charge in [0.15, 0.2) is 0 Å². The Morgan fingerprint density at radius 1 is 0.933 bits per heavy atom. The van der Waals surface area contributed by atoms with Crippen molar-refractivity contribution >= 4 is 33.2 Å². The van der Waals surface area contributed by atoms with Gasteiger partial charge in [0.05, 0.1) is 18.5 Å². The van der Waals surface area contributed by atoms with E-state index in [4.69, 9.17) is 11.6 Å². The smallest absolute Gasteiger partial charge is 0.251 e. The van der Waals surface area contributed by atoms with Crippen LogP contribution in [0.2, 0.25) is 5.02 Å². The van der Waals surface area contributed by atoms with Crippen LogP contribution in [0.1, 0.15) is 21.5 Å². The SMILES string of the molecule is CS(=O)(=O)N(Cc1ccc(F)cc1)c1ccc(C(=O)NCc2ccc(Cl)cc2)cc1. The van der Waals surface area contributed by atoms with E-state index in [0.29, 0.717) is 28.4 Å². The first-order valence-electron chi connectivity index (χ1n) is 9.07. The molecule has 0 aliphatic rings. The van der Waals surface area contributed by atoms with Crippen molar-refractivity contribution in [3.05, 3.63) is 100 Å². The van der Waals surface area contributed by atoms with E-state index in [-0.39, 0.29) is 12.5 Å². The van der Waals surface area contributed by atoms with E-state index in [1.165, 1.54) is 28.6 Å². The van der Waals surface area contributed by atoms with E-state index in [1.54, 1.807) is 36.4 Å². The molecule has 3 aromatic rings. The highest BCUT2D eigenvalue weighted by Gasteiger charge is 2.18. The number of rotatable bonds is 7. The number of carbonyl (C=O) groups is 1. The average molecular weight is 447 g/mol. The second kappa shape index (κ2) is 9.28. The van der Waals surface area contributed by atoms with Gasteiger partial charge in [-0.05, 0) is 59.7 Å². The summed E-state index contributed by atoms with van der Waals surface area (Å²) in [5.74, 6) is -0.667. The molecule has 3 rings (SSSR count). The Morgan fingerprint density at radius 3 is 2.07 bits per heavy atom. The second-order valence-electron chi connectivity index (χ2n) is 6.75. The van der Waals surface area contributed by atoms with Crippen LogP contribution in [0.3, 0.4) is 0 Å². The van der Waals surface area contributed by atoms with E-state index in [2.05, 4.69) is 5.32 Å². The first-order valence-corrected chi connectivity index (χ1v) is 11.3. The number of sulfonamides is 1. The van der Waals surface area contributed by atoms with Crippen LogP contribution >= 0.6 is 11.6 Å². The van der Waals surface area contributed by atoms with Crippen molar-refractivity contribution in [2.45, 2.75) is 13.1 Å². The maximum absolute atomic E-state index is 13.1. The summed E-state index contributed by atoms with van der Waals surface area (Å²) in [5.41, 5.74) is 2.37. The molecule has 3 aromatic carbocycles. The molecule has 0 bridgehead atoms. The molecule has 0 aliphatic heterocycles.